The van der Waals surface area contributed by atoms with Gasteiger partial charge in [-0.1, -0.05) is 0 Å². The maximum Gasteiger partial charge on any atom is 0.255 e. The number of benzene rings is 1. The molecule has 1 unspecified atom stereocenters. The number of nitrogens with zero attached hydrogens (tertiary/aromatic N) is 4. The normalized spacial score (nSPS) is 16.6. The van der Waals surface area contributed by atoms with E-state index < -0.39 is 0 Å². The molecule has 1 aliphatic rings. The molecule has 0 N–H and O–H groups in total. The van der Waals surface area contributed by atoms with Crippen molar-refractivity contribution in [1.29, 1.82) is 0 Å². The summed E-state index contributed by atoms with van der Waals surface area (Å²) in [6, 6.07) is 16.5. The second-order valence-electron chi connectivity index (χ2n) is 7.82. The van der Waals surface area contributed by atoms with E-state index in [-0.39, 0.29) is 5.91 Å². The first-order valence-corrected chi connectivity index (χ1v) is 9.92. The Kier molecular flexibility index (Phi) is 5.20. The van der Waals surface area contributed by atoms with Crippen LogP contribution in [0.4, 0.5) is 11.5 Å². The molecule has 1 aromatic carbocycles. The molecule has 0 aliphatic carbocycles. The third-order valence-electron chi connectivity index (χ3n) is 5.86. The van der Waals surface area contributed by atoms with Crippen LogP contribution >= 0.6 is 0 Å². The van der Waals surface area contributed by atoms with Gasteiger partial charge in [0.05, 0.1) is 12.7 Å². The molecule has 6 heteroatoms. The van der Waals surface area contributed by atoms with Gasteiger partial charge >= 0.3 is 0 Å². The van der Waals surface area contributed by atoms with E-state index in [0.29, 0.717) is 6.04 Å². The van der Waals surface area contributed by atoms with Crippen molar-refractivity contribution >= 4 is 22.9 Å². The van der Waals surface area contributed by atoms with Gasteiger partial charge in [-0.2, -0.15) is 0 Å². The highest BCUT2D eigenvalue weighted by Crippen LogP contribution is 2.28. The fraction of sp³-hybridized carbons (Fsp3) is 0.348. The molecule has 4 rings (SSSR count). The lowest BCUT2D eigenvalue weighted by Gasteiger charge is -2.21. The predicted octanol–water partition coefficient (Wildman–Crippen LogP) is 3.49. The second kappa shape index (κ2) is 7.79. The number of fused-ring (bicyclic) bond motifs is 1. The van der Waals surface area contributed by atoms with Gasteiger partial charge in [0.2, 0.25) is 0 Å². The maximum atomic E-state index is 13.1. The average Bonchev–Trinajstić information content (AvgIpc) is 3.40. The van der Waals surface area contributed by atoms with Crippen LogP contribution in [-0.2, 0) is 0 Å². The minimum absolute atomic E-state index is 0.100. The lowest BCUT2D eigenvalue weighted by molar-refractivity contribution is 0.0782. The molecule has 6 nitrogen and oxygen atoms in total. The molecule has 1 saturated heterocycles. The molecule has 1 atom stereocenters. The first kappa shape index (κ1) is 19.3. The van der Waals surface area contributed by atoms with Crippen LogP contribution < -0.4 is 9.64 Å². The molecule has 3 aromatic rings. The van der Waals surface area contributed by atoms with E-state index in [1.165, 1.54) is 0 Å². The Balaban J connectivity index is 1.61. The van der Waals surface area contributed by atoms with Crippen LogP contribution in [0.5, 0.6) is 5.75 Å². The van der Waals surface area contributed by atoms with E-state index in [1.54, 1.807) is 7.11 Å². The van der Waals surface area contributed by atoms with E-state index in [4.69, 9.17) is 4.74 Å². The van der Waals surface area contributed by atoms with Crippen molar-refractivity contribution in [2.45, 2.75) is 12.5 Å². The summed E-state index contributed by atoms with van der Waals surface area (Å²) >= 11 is 0. The van der Waals surface area contributed by atoms with E-state index >= 15 is 0 Å². The van der Waals surface area contributed by atoms with E-state index in [0.717, 1.165) is 47.8 Å². The summed E-state index contributed by atoms with van der Waals surface area (Å²) in [6.07, 6.45) is 2.98. The number of amides is 1. The van der Waals surface area contributed by atoms with Gasteiger partial charge in [-0.15, -0.1) is 0 Å². The lowest BCUT2D eigenvalue weighted by Crippen LogP contribution is -2.34. The average molecular weight is 393 g/mol. The first-order chi connectivity index (χ1) is 14.0. The van der Waals surface area contributed by atoms with Crippen molar-refractivity contribution < 1.29 is 9.53 Å². The smallest absolute Gasteiger partial charge is 0.255 e. The Hall–Kier alpha value is -2.99. The molecule has 3 heterocycles. The Morgan fingerprint density at radius 3 is 2.41 bits per heavy atom. The molecule has 1 fully saturated rings. The summed E-state index contributed by atoms with van der Waals surface area (Å²) < 4.78 is 7.33. The number of likely N-dealkylation sites (N-methyl/N-ethyl adjacent to an activating group) is 1. The van der Waals surface area contributed by atoms with Crippen LogP contribution in [0.1, 0.15) is 16.8 Å². The van der Waals surface area contributed by atoms with E-state index in [9.17, 15) is 4.79 Å². The monoisotopic (exact) mass is 392 g/mol. The van der Waals surface area contributed by atoms with E-state index in [1.807, 2.05) is 54.5 Å². The van der Waals surface area contributed by atoms with Crippen LogP contribution in [0.25, 0.3) is 5.52 Å². The molecule has 0 radical (unpaired) electrons. The molecule has 0 saturated carbocycles. The number of hydrogen-bond donors (Lipinski definition) is 0. The van der Waals surface area contributed by atoms with Gasteiger partial charge < -0.3 is 23.8 Å². The maximum absolute atomic E-state index is 13.1. The molecule has 152 valence electrons. The summed E-state index contributed by atoms with van der Waals surface area (Å²) in [6.45, 7) is 1.60. The van der Waals surface area contributed by atoms with Crippen LogP contribution in [0.15, 0.2) is 54.7 Å². The topological polar surface area (TPSA) is 40.4 Å². The third kappa shape index (κ3) is 3.68. The fourth-order valence-corrected chi connectivity index (χ4v) is 3.95. The lowest BCUT2D eigenvalue weighted by atomic mass is 10.2. The highest BCUT2D eigenvalue weighted by atomic mass is 16.5. The first-order valence-electron chi connectivity index (χ1n) is 9.92. The van der Waals surface area contributed by atoms with Crippen LogP contribution in [0.2, 0.25) is 0 Å². The Morgan fingerprint density at radius 2 is 1.76 bits per heavy atom. The summed E-state index contributed by atoms with van der Waals surface area (Å²) in [5.74, 6) is 1.94. The molecule has 1 amide bonds. The number of carbonyl (C=O) groups excluding carboxylic acids is 1. The number of anilines is 2. The van der Waals surface area contributed by atoms with Gasteiger partial charge in [-0.3, -0.25) is 4.79 Å². The van der Waals surface area contributed by atoms with Crippen molar-refractivity contribution in [3.63, 3.8) is 0 Å². The molecule has 0 bridgehead atoms. The number of hydrogen-bond acceptors (Lipinski definition) is 4. The summed E-state index contributed by atoms with van der Waals surface area (Å²) in [5.41, 5.74) is 2.83. The van der Waals surface area contributed by atoms with Gasteiger partial charge in [0.15, 0.2) is 0 Å². The number of ether oxygens (including phenoxy) is 1. The number of likely N-dealkylation sites (tertiary alicyclic amines) is 1. The number of pyridine rings is 1. The second-order valence-corrected chi connectivity index (χ2v) is 7.82. The number of rotatable bonds is 5. The number of methoxy groups -OCH3 is 1. The standard InChI is InChI=1S/C23H28N4O2/c1-24(2)20-13-14-26(16-20)23(28)17-5-6-19-9-12-22(27(19)15-17)25(3)18-7-10-21(29-4)11-8-18/h5-12,15,20H,13-14,16H2,1-4H3. The largest absolute Gasteiger partial charge is 0.497 e. The predicted molar refractivity (Wildman–Crippen MR) is 116 cm³/mol. The van der Waals surface area contributed by atoms with Crippen LogP contribution in [0.3, 0.4) is 0 Å². The molecule has 1 aliphatic heterocycles. The zero-order valence-electron chi connectivity index (χ0n) is 17.5. The van der Waals surface area contributed by atoms with Crippen molar-refractivity contribution in [1.82, 2.24) is 14.2 Å². The van der Waals surface area contributed by atoms with Gasteiger partial charge in [-0.25, -0.2) is 0 Å². The Morgan fingerprint density at radius 1 is 1.03 bits per heavy atom. The molecular formula is C23H28N4O2. The minimum atomic E-state index is 0.100. The van der Waals surface area contributed by atoms with Gasteiger partial charge in [0, 0.05) is 43.6 Å². The molecular weight excluding hydrogens is 364 g/mol. The highest BCUT2D eigenvalue weighted by molar-refractivity contribution is 5.94. The SMILES string of the molecule is COc1ccc(N(C)c2ccc3ccc(C(=O)N4CCC(N(C)C)C4)cn23)cc1. The van der Waals surface area contributed by atoms with Crippen LogP contribution in [-0.4, -0.2) is 67.5 Å². The van der Waals surface area contributed by atoms with Gasteiger partial charge in [0.1, 0.15) is 11.6 Å². The van der Waals surface area contributed by atoms with Gasteiger partial charge in [-0.05, 0) is 69.0 Å². The third-order valence-corrected chi connectivity index (χ3v) is 5.86. The van der Waals surface area contributed by atoms with Crippen LogP contribution in [0, 0.1) is 0 Å². The summed E-state index contributed by atoms with van der Waals surface area (Å²) in [5, 5.41) is 0. The quantitative estimate of drug-likeness (QED) is 0.666. The van der Waals surface area contributed by atoms with E-state index in [2.05, 4.69) is 40.4 Å². The Bertz CT molecular complexity index is 1010. The zero-order valence-corrected chi connectivity index (χ0v) is 17.5. The van der Waals surface area contributed by atoms with Crippen molar-refractivity contribution in [2.75, 3.05) is 46.2 Å². The van der Waals surface area contributed by atoms with Crippen molar-refractivity contribution in [2.24, 2.45) is 0 Å². The van der Waals surface area contributed by atoms with Crippen molar-refractivity contribution in [3.05, 3.63) is 60.3 Å². The summed E-state index contributed by atoms with van der Waals surface area (Å²) in [7, 11) is 7.84. The minimum Gasteiger partial charge on any atom is -0.497 e. The molecule has 0 spiro atoms. The fourth-order valence-electron chi connectivity index (χ4n) is 3.95. The molecule has 2 aromatic heterocycles. The summed E-state index contributed by atoms with van der Waals surface area (Å²) in [4.78, 5) is 19.3. The number of aromatic nitrogens is 1. The zero-order chi connectivity index (χ0) is 20.5. The van der Waals surface area contributed by atoms with Crippen molar-refractivity contribution in [3.8, 4) is 5.75 Å². The van der Waals surface area contributed by atoms with Gasteiger partial charge in [0.25, 0.3) is 5.91 Å². The highest BCUT2D eigenvalue weighted by Gasteiger charge is 2.28. The molecule has 29 heavy (non-hydrogen) atoms. The number of carbonyl (C=O) groups is 1. The Labute approximate surface area is 171 Å².